The Kier molecular flexibility index (Phi) is 3.14. The fraction of sp³-hybridized carbons (Fsp3) is 0.357. The van der Waals surface area contributed by atoms with Gasteiger partial charge in [-0.1, -0.05) is 11.6 Å². The van der Waals surface area contributed by atoms with Crippen LogP contribution in [0.2, 0.25) is 0 Å². The number of rotatable bonds is 3. The van der Waals surface area contributed by atoms with E-state index in [9.17, 15) is 4.79 Å². The lowest BCUT2D eigenvalue weighted by Gasteiger charge is -2.22. The molecule has 6 nitrogen and oxygen atoms in total. The van der Waals surface area contributed by atoms with Gasteiger partial charge in [0.05, 0.1) is 12.4 Å². The molecule has 3 rings (SSSR count). The first-order valence-electron chi connectivity index (χ1n) is 6.63. The summed E-state index contributed by atoms with van der Waals surface area (Å²) < 4.78 is 1.40. The number of allylic oxidation sites excluding steroid dienone is 1. The zero-order valence-electron chi connectivity index (χ0n) is 11.2. The third kappa shape index (κ3) is 2.24. The van der Waals surface area contributed by atoms with Gasteiger partial charge in [0.25, 0.3) is 0 Å². The number of carboxylic acids is 1. The number of fused-ring (bicyclic) bond motifs is 1. The van der Waals surface area contributed by atoms with Gasteiger partial charge in [0.1, 0.15) is 5.52 Å². The van der Waals surface area contributed by atoms with Crippen molar-refractivity contribution >= 4 is 17.3 Å². The van der Waals surface area contributed by atoms with Gasteiger partial charge in [0, 0.05) is 6.04 Å². The maximum absolute atomic E-state index is 11.1. The highest BCUT2D eigenvalue weighted by molar-refractivity contribution is 5.87. The number of aromatic nitrogens is 3. The van der Waals surface area contributed by atoms with E-state index < -0.39 is 5.97 Å². The third-order valence-electron chi connectivity index (χ3n) is 3.63. The van der Waals surface area contributed by atoms with Crippen molar-refractivity contribution in [3.05, 3.63) is 35.8 Å². The standard InChI is InChI=1S/C14H16N4O2/c1-9-2-4-10(5-3-9)17-13-11-6-7-16-18(11)12(8-15-13)14(19)20/h2,6-8,10H,3-5H2,1H3,(H,15,17)(H,19,20). The molecule has 20 heavy (non-hydrogen) atoms. The van der Waals surface area contributed by atoms with Crippen molar-refractivity contribution in [2.75, 3.05) is 5.32 Å². The predicted molar refractivity (Wildman–Crippen MR) is 75.0 cm³/mol. The number of nitrogens with one attached hydrogen (secondary N) is 1. The van der Waals surface area contributed by atoms with E-state index in [-0.39, 0.29) is 5.69 Å². The van der Waals surface area contributed by atoms with E-state index in [4.69, 9.17) is 5.11 Å². The molecule has 0 bridgehead atoms. The highest BCUT2D eigenvalue weighted by Crippen LogP contribution is 2.23. The van der Waals surface area contributed by atoms with E-state index in [1.165, 1.54) is 16.3 Å². The Labute approximate surface area is 116 Å². The Hall–Kier alpha value is -2.37. The molecule has 2 aromatic rings. The molecule has 0 aliphatic heterocycles. The van der Waals surface area contributed by atoms with Gasteiger partial charge in [0.2, 0.25) is 0 Å². The molecule has 1 aliphatic rings. The van der Waals surface area contributed by atoms with Gasteiger partial charge in [0.15, 0.2) is 11.5 Å². The minimum absolute atomic E-state index is 0.0648. The molecular formula is C14H16N4O2. The fourth-order valence-corrected chi connectivity index (χ4v) is 2.47. The molecule has 2 N–H and O–H groups in total. The minimum Gasteiger partial charge on any atom is -0.476 e. The van der Waals surface area contributed by atoms with E-state index in [1.807, 2.05) is 0 Å². The average Bonchev–Trinajstić information content (AvgIpc) is 2.91. The van der Waals surface area contributed by atoms with Gasteiger partial charge in [-0.3, -0.25) is 0 Å². The number of hydrogen-bond acceptors (Lipinski definition) is 4. The van der Waals surface area contributed by atoms with Gasteiger partial charge in [-0.15, -0.1) is 0 Å². The maximum Gasteiger partial charge on any atom is 0.356 e. The monoisotopic (exact) mass is 272 g/mol. The van der Waals surface area contributed by atoms with Crippen LogP contribution in [0.3, 0.4) is 0 Å². The summed E-state index contributed by atoms with van der Waals surface area (Å²) in [5.74, 6) is -0.348. The van der Waals surface area contributed by atoms with Crippen LogP contribution < -0.4 is 5.32 Å². The second-order valence-electron chi connectivity index (χ2n) is 5.09. The molecule has 1 atom stereocenters. The Morgan fingerprint density at radius 1 is 1.55 bits per heavy atom. The van der Waals surface area contributed by atoms with E-state index in [1.54, 1.807) is 12.3 Å². The van der Waals surface area contributed by atoms with Gasteiger partial charge >= 0.3 is 5.97 Å². The highest BCUT2D eigenvalue weighted by Gasteiger charge is 2.17. The van der Waals surface area contributed by atoms with Gasteiger partial charge in [-0.2, -0.15) is 5.10 Å². The van der Waals surface area contributed by atoms with E-state index in [0.29, 0.717) is 17.4 Å². The SMILES string of the molecule is CC1=CCC(Nc2ncc(C(=O)O)n3nccc23)CC1. The minimum atomic E-state index is -1.03. The van der Waals surface area contributed by atoms with Crippen molar-refractivity contribution in [3.63, 3.8) is 0 Å². The summed E-state index contributed by atoms with van der Waals surface area (Å²) >= 11 is 0. The molecule has 0 amide bonds. The number of hydrogen-bond donors (Lipinski definition) is 2. The van der Waals surface area contributed by atoms with E-state index >= 15 is 0 Å². The van der Waals surface area contributed by atoms with E-state index in [2.05, 4.69) is 28.4 Å². The summed E-state index contributed by atoms with van der Waals surface area (Å²) in [6, 6.07) is 2.10. The molecular weight excluding hydrogens is 256 g/mol. The van der Waals surface area contributed by atoms with Gasteiger partial charge < -0.3 is 10.4 Å². The second kappa shape index (κ2) is 4.96. The van der Waals surface area contributed by atoms with Crippen molar-refractivity contribution in [2.24, 2.45) is 0 Å². The molecule has 6 heteroatoms. The first kappa shape index (κ1) is 12.7. The van der Waals surface area contributed by atoms with Crippen molar-refractivity contribution < 1.29 is 9.90 Å². The molecule has 1 unspecified atom stereocenters. The van der Waals surface area contributed by atoms with Crippen LogP contribution in [0.5, 0.6) is 0 Å². The summed E-state index contributed by atoms with van der Waals surface area (Å²) in [5, 5.41) is 16.6. The predicted octanol–water partition coefficient (Wildman–Crippen LogP) is 2.34. The third-order valence-corrected chi connectivity index (χ3v) is 3.63. The van der Waals surface area contributed by atoms with Crippen LogP contribution >= 0.6 is 0 Å². The van der Waals surface area contributed by atoms with Gasteiger partial charge in [-0.05, 0) is 32.3 Å². The van der Waals surface area contributed by atoms with Crippen molar-refractivity contribution in [1.29, 1.82) is 0 Å². The zero-order chi connectivity index (χ0) is 14.1. The highest BCUT2D eigenvalue weighted by atomic mass is 16.4. The Balaban J connectivity index is 1.91. The van der Waals surface area contributed by atoms with Crippen LogP contribution in [0.4, 0.5) is 5.82 Å². The number of anilines is 1. The van der Waals surface area contributed by atoms with Crippen molar-refractivity contribution in [3.8, 4) is 0 Å². The summed E-state index contributed by atoms with van der Waals surface area (Å²) in [5.41, 5.74) is 2.18. The molecule has 2 aromatic heterocycles. The Morgan fingerprint density at radius 2 is 2.40 bits per heavy atom. The molecule has 0 radical (unpaired) electrons. The first-order chi connectivity index (χ1) is 9.65. The number of nitrogens with zero attached hydrogens (tertiary/aromatic N) is 3. The largest absolute Gasteiger partial charge is 0.476 e. The fourth-order valence-electron chi connectivity index (χ4n) is 2.47. The lowest BCUT2D eigenvalue weighted by molar-refractivity contribution is 0.0687. The topological polar surface area (TPSA) is 79.5 Å². The average molecular weight is 272 g/mol. The molecule has 0 aromatic carbocycles. The Morgan fingerprint density at radius 3 is 3.10 bits per heavy atom. The van der Waals surface area contributed by atoms with Crippen LogP contribution in [0.25, 0.3) is 5.52 Å². The molecule has 2 heterocycles. The second-order valence-corrected chi connectivity index (χ2v) is 5.09. The number of carbonyl (C=O) groups is 1. The smallest absolute Gasteiger partial charge is 0.356 e. The Bertz CT molecular complexity index is 690. The molecule has 0 fully saturated rings. The summed E-state index contributed by atoms with van der Waals surface area (Å²) in [7, 11) is 0. The summed E-state index contributed by atoms with van der Waals surface area (Å²) in [4.78, 5) is 15.4. The normalized spacial score (nSPS) is 18.9. The van der Waals surface area contributed by atoms with Gasteiger partial charge in [-0.25, -0.2) is 14.3 Å². The molecule has 1 aliphatic carbocycles. The quantitative estimate of drug-likeness (QED) is 0.838. The lowest BCUT2D eigenvalue weighted by Crippen LogP contribution is -2.23. The van der Waals surface area contributed by atoms with Crippen LogP contribution in [-0.2, 0) is 0 Å². The summed E-state index contributed by atoms with van der Waals surface area (Å²) in [6.45, 7) is 2.14. The van der Waals surface area contributed by atoms with Crippen molar-refractivity contribution in [2.45, 2.75) is 32.2 Å². The first-order valence-corrected chi connectivity index (χ1v) is 6.63. The van der Waals surface area contributed by atoms with Crippen LogP contribution in [0.15, 0.2) is 30.1 Å². The summed E-state index contributed by atoms with van der Waals surface area (Å²) in [6.07, 6.45) is 8.27. The molecule has 104 valence electrons. The van der Waals surface area contributed by atoms with Crippen LogP contribution in [0.1, 0.15) is 36.7 Å². The number of aromatic carboxylic acids is 1. The molecule has 0 saturated carbocycles. The van der Waals surface area contributed by atoms with E-state index in [0.717, 1.165) is 19.3 Å². The maximum atomic E-state index is 11.1. The number of carboxylic acid groups (broad SMARTS) is 1. The van der Waals surface area contributed by atoms with Crippen LogP contribution in [-0.4, -0.2) is 31.7 Å². The molecule has 0 spiro atoms. The van der Waals surface area contributed by atoms with Crippen LogP contribution in [0, 0.1) is 0 Å². The lowest BCUT2D eigenvalue weighted by atomic mass is 9.96. The van der Waals surface area contributed by atoms with Crippen molar-refractivity contribution in [1.82, 2.24) is 14.6 Å². The zero-order valence-corrected chi connectivity index (χ0v) is 11.2. The molecule has 0 saturated heterocycles.